The van der Waals surface area contributed by atoms with Gasteiger partial charge in [-0.2, -0.15) is 4.98 Å². The zero-order valence-corrected chi connectivity index (χ0v) is 20.2. The Balaban J connectivity index is 1.40. The van der Waals surface area contributed by atoms with Crippen LogP contribution in [0.3, 0.4) is 0 Å². The molecule has 1 aromatic heterocycles. The highest BCUT2D eigenvalue weighted by Gasteiger charge is 2.31. The molecule has 2 aliphatic rings. The Morgan fingerprint density at radius 2 is 1.94 bits per heavy atom. The van der Waals surface area contributed by atoms with Crippen LogP contribution >= 0.6 is 34.8 Å². The molecule has 0 saturated carbocycles. The average Bonchev–Trinajstić information content (AvgIpc) is 2.80. The Bertz CT molecular complexity index is 1050. The van der Waals surface area contributed by atoms with E-state index in [0.717, 1.165) is 5.56 Å². The van der Waals surface area contributed by atoms with Crippen molar-refractivity contribution in [3.63, 3.8) is 0 Å². The van der Waals surface area contributed by atoms with E-state index in [1.807, 2.05) is 17.9 Å². The number of benzene rings is 1. The van der Waals surface area contributed by atoms with Crippen LogP contribution in [0.5, 0.6) is 0 Å². The van der Waals surface area contributed by atoms with Crippen LogP contribution < -0.4 is 20.9 Å². The lowest BCUT2D eigenvalue weighted by molar-refractivity contribution is -0.137. The van der Waals surface area contributed by atoms with E-state index in [4.69, 9.17) is 34.8 Å². The third kappa shape index (κ3) is 5.60. The lowest BCUT2D eigenvalue weighted by atomic mass is 10.1. The van der Waals surface area contributed by atoms with Crippen LogP contribution in [0.1, 0.15) is 18.5 Å². The van der Waals surface area contributed by atoms with Crippen molar-refractivity contribution in [1.82, 2.24) is 25.5 Å². The van der Waals surface area contributed by atoms with Crippen molar-refractivity contribution in [2.24, 2.45) is 0 Å². The molecule has 12 heteroatoms. The Hall–Kier alpha value is -2.33. The van der Waals surface area contributed by atoms with E-state index in [1.54, 1.807) is 23.2 Å². The summed E-state index contributed by atoms with van der Waals surface area (Å²) in [6, 6.07) is 4.65. The van der Waals surface area contributed by atoms with E-state index in [0.29, 0.717) is 59.6 Å². The summed E-state index contributed by atoms with van der Waals surface area (Å²) in [6.45, 7) is 4.80. The van der Waals surface area contributed by atoms with Crippen molar-refractivity contribution >= 4 is 58.4 Å². The van der Waals surface area contributed by atoms with Crippen LogP contribution in [0.15, 0.2) is 24.4 Å². The molecule has 0 unspecified atom stereocenters. The number of hydrogen-bond acceptors (Lipinski definition) is 7. The molecule has 3 N–H and O–H groups in total. The molecule has 0 spiro atoms. The molecule has 0 bridgehead atoms. The van der Waals surface area contributed by atoms with Gasteiger partial charge in [0.15, 0.2) is 5.82 Å². The molecule has 2 amide bonds. The fourth-order valence-corrected chi connectivity index (χ4v) is 4.59. The number of amides is 2. The van der Waals surface area contributed by atoms with Crippen LogP contribution in [-0.4, -0.2) is 72.0 Å². The predicted molar refractivity (Wildman–Crippen MR) is 129 cm³/mol. The van der Waals surface area contributed by atoms with Crippen molar-refractivity contribution in [3.05, 3.63) is 45.0 Å². The molecule has 33 heavy (non-hydrogen) atoms. The second-order valence-electron chi connectivity index (χ2n) is 7.96. The average molecular weight is 513 g/mol. The van der Waals surface area contributed by atoms with Crippen molar-refractivity contribution in [2.45, 2.75) is 19.0 Å². The molecule has 3 heterocycles. The van der Waals surface area contributed by atoms with E-state index in [-0.39, 0.29) is 24.4 Å². The standard InChI is InChI=1S/C21H24Cl3N7O2/c1-12(14-3-2-13(22)8-15(14)23)27-19-16(24)9-26-21(29-19)31-6-4-30(5-7-31)20(33)17-10-25-11-18(32)28-17/h2-3,8-9,12,17,25H,4-7,10-11H2,1H3,(H,28,32)(H,26,27,29)/t12-,17+/m1/s1. The summed E-state index contributed by atoms with van der Waals surface area (Å²) >= 11 is 18.7. The fourth-order valence-electron chi connectivity index (χ4n) is 3.87. The fraction of sp³-hybridized carbons (Fsp3) is 0.429. The number of hydrogen-bond donors (Lipinski definition) is 3. The lowest BCUT2D eigenvalue weighted by Gasteiger charge is -2.37. The van der Waals surface area contributed by atoms with Crippen molar-refractivity contribution in [1.29, 1.82) is 0 Å². The quantitative estimate of drug-likeness (QED) is 0.565. The number of carbonyl (C=O) groups is 2. The van der Waals surface area contributed by atoms with E-state index >= 15 is 0 Å². The molecule has 4 rings (SSSR count). The van der Waals surface area contributed by atoms with Crippen LogP contribution in [0.2, 0.25) is 15.1 Å². The zero-order chi connectivity index (χ0) is 23.5. The summed E-state index contributed by atoms with van der Waals surface area (Å²) in [5.74, 6) is 0.774. The number of anilines is 2. The van der Waals surface area contributed by atoms with Gasteiger partial charge in [-0.15, -0.1) is 0 Å². The second kappa shape index (κ2) is 10.3. The maximum atomic E-state index is 12.7. The van der Waals surface area contributed by atoms with Crippen LogP contribution in [-0.2, 0) is 9.59 Å². The monoisotopic (exact) mass is 511 g/mol. The normalized spacial score (nSPS) is 19.8. The van der Waals surface area contributed by atoms with Gasteiger partial charge in [0.2, 0.25) is 17.8 Å². The molecule has 2 atom stereocenters. The van der Waals surface area contributed by atoms with Gasteiger partial charge in [0.25, 0.3) is 0 Å². The molecular formula is C21H24Cl3N7O2. The van der Waals surface area contributed by atoms with Crippen molar-refractivity contribution in [2.75, 3.05) is 49.5 Å². The SMILES string of the molecule is C[C@@H](Nc1nc(N2CCN(C(=O)[C@@H]3CNCC(=O)N3)CC2)ncc1Cl)c1ccc(Cl)cc1Cl. The summed E-state index contributed by atoms with van der Waals surface area (Å²) < 4.78 is 0. The molecular weight excluding hydrogens is 489 g/mol. The number of nitrogens with zero attached hydrogens (tertiary/aromatic N) is 4. The minimum absolute atomic E-state index is 0.0803. The first-order valence-corrected chi connectivity index (χ1v) is 11.7. The van der Waals surface area contributed by atoms with Gasteiger partial charge in [-0.25, -0.2) is 4.98 Å². The molecule has 2 aromatic rings. The van der Waals surface area contributed by atoms with Crippen molar-refractivity contribution in [3.8, 4) is 0 Å². The minimum Gasteiger partial charge on any atom is -0.362 e. The number of piperazine rings is 2. The molecule has 2 aliphatic heterocycles. The second-order valence-corrected chi connectivity index (χ2v) is 9.21. The maximum Gasteiger partial charge on any atom is 0.246 e. The van der Waals surface area contributed by atoms with Gasteiger partial charge >= 0.3 is 0 Å². The Morgan fingerprint density at radius 3 is 2.64 bits per heavy atom. The largest absolute Gasteiger partial charge is 0.362 e. The van der Waals surface area contributed by atoms with E-state index < -0.39 is 6.04 Å². The molecule has 0 aliphatic carbocycles. The first-order chi connectivity index (χ1) is 15.8. The number of halogens is 3. The molecule has 9 nitrogen and oxygen atoms in total. The maximum absolute atomic E-state index is 12.7. The third-order valence-electron chi connectivity index (χ3n) is 5.66. The summed E-state index contributed by atoms with van der Waals surface area (Å²) in [5, 5.41) is 10.5. The summed E-state index contributed by atoms with van der Waals surface area (Å²) in [6.07, 6.45) is 1.56. The number of rotatable bonds is 5. The summed E-state index contributed by atoms with van der Waals surface area (Å²) in [7, 11) is 0. The summed E-state index contributed by atoms with van der Waals surface area (Å²) in [4.78, 5) is 37.0. The third-order valence-corrected chi connectivity index (χ3v) is 6.49. The van der Waals surface area contributed by atoms with Gasteiger partial charge in [-0.05, 0) is 24.6 Å². The smallest absolute Gasteiger partial charge is 0.246 e. The predicted octanol–water partition coefficient (Wildman–Crippen LogP) is 2.35. The molecule has 176 valence electrons. The molecule has 1 aromatic carbocycles. The van der Waals surface area contributed by atoms with Crippen molar-refractivity contribution < 1.29 is 9.59 Å². The Labute approximate surface area is 206 Å². The highest BCUT2D eigenvalue weighted by atomic mass is 35.5. The number of nitrogens with one attached hydrogen (secondary N) is 3. The van der Waals surface area contributed by atoms with Crippen LogP contribution in [0.4, 0.5) is 11.8 Å². The lowest BCUT2D eigenvalue weighted by Crippen LogP contribution is -2.61. The van der Waals surface area contributed by atoms with E-state index in [1.165, 1.54) is 0 Å². The van der Waals surface area contributed by atoms with Gasteiger partial charge in [0.1, 0.15) is 11.1 Å². The van der Waals surface area contributed by atoms with Crippen LogP contribution in [0.25, 0.3) is 0 Å². The highest BCUT2D eigenvalue weighted by molar-refractivity contribution is 6.35. The topological polar surface area (TPSA) is 102 Å². The van der Waals surface area contributed by atoms with Gasteiger partial charge in [-0.3, -0.25) is 9.59 Å². The summed E-state index contributed by atoms with van der Waals surface area (Å²) in [5.41, 5.74) is 0.869. The molecule has 2 fully saturated rings. The number of carbonyl (C=O) groups excluding carboxylic acids is 2. The Morgan fingerprint density at radius 1 is 1.18 bits per heavy atom. The van der Waals surface area contributed by atoms with Gasteiger partial charge in [-0.1, -0.05) is 40.9 Å². The Kier molecular flexibility index (Phi) is 7.43. The molecule has 0 radical (unpaired) electrons. The van der Waals surface area contributed by atoms with Gasteiger partial charge < -0.3 is 25.8 Å². The van der Waals surface area contributed by atoms with Crippen LogP contribution in [0, 0.1) is 0 Å². The van der Waals surface area contributed by atoms with E-state index in [9.17, 15) is 9.59 Å². The first-order valence-electron chi connectivity index (χ1n) is 10.6. The zero-order valence-electron chi connectivity index (χ0n) is 17.9. The highest BCUT2D eigenvalue weighted by Crippen LogP contribution is 2.30. The minimum atomic E-state index is -0.526. The van der Waals surface area contributed by atoms with Gasteiger partial charge in [0, 0.05) is 42.8 Å². The van der Waals surface area contributed by atoms with E-state index in [2.05, 4.69) is 25.9 Å². The van der Waals surface area contributed by atoms with Gasteiger partial charge in [0.05, 0.1) is 18.8 Å². The first kappa shape index (κ1) is 23.8. The number of aromatic nitrogens is 2. The molecule has 2 saturated heterocycles.